The normalized spacial score (nSPS) is 14.7. The fraction of sp³-hybridized carbons (Fsp3) is 0.409. The Morgan fingerprint density at radius 1 is 1.14 bits per heavy atom. The Kier molecular flexibility index (Phi) is 6.29. The molecular formula is C22H28N2O4S. The van der Waals surface area contributed by atoms with Crippen LogP contribution in [0.4, 0.5) is 5.69 Å². The monoisotopic (exact) mass is 416 g/mol. The number of rotatable bonds is 7. The highest BCUT2D eigenvalue weighted by Crippen LogP contribution is 2.32. The Balaban J connectivity index is 1.80. The van der Waals surface area contributed by atoms with Gasteiger partial charge >= 0.3 is 0 Å². The van der Waals surface area contributed by atoms with Crippen LogP contribution >= 0.6 is 0 Å². The molecule has 156 valence electrons. The van der Waals surface area contributed by atoms with Gasteiger partial charge in [0.25, 0.3) is 5.91 Å². The fourth-order valence-electron chi connectivity index (χ4n) is 3.43. The average Bonchev–Trinajstić information content (AvgIpc) is 3.15. The molecule has 6 nitrogen and oxygen atoms in total. The van der Waals surface area contributed by atoms with Gasteiger partial charge in [0, 0.05) is 26.3 Å². The molecule has 2 aromatic rings. The fourth-order valence-corrected chi connectivity index (χ4v) is 4.38. The molecule has 0 saturated carbocycles. The summed E-state index contributed by atoms with van der Waals surface area (Å²) in [5.41, 5.74) is 2.84. The average molecular weight is 417 g/mol. The zero-order chi connectivity index (χ0) is 21.2. The van der Waals surface area contributed by atoms with Crippen LogP contribution in [-0.4, -0.2) is 45.4 Å². The van der Waals surface area contributed by atoms with Crippen molar-refractivity contribution in [1.82, 2.24) is 4.31 Å². The van der Waals surface area contributed by atoms with E-state index in [1.165, 1.54) is 24.0 Å². The van der Waals surface area contributed by atoms with Crippen LogP contribution in [0.15, 0.2) is 47.4 Å². The Morgan fingerprint density at radius 3 is 2.41 bits per heavy atom. The van der Waals surface area contributed by atoms with Crippen molar-refractivity contribution in [3.05, 3.63) is 53.6 Å². The molecule has 1 amide bonds. The molecule has 0 spiro atoms. The molecule has 1 atom stereocenters. The van der Waals surface area contributed by atoms with E-state index in [1.54, 1.807) is 23.1 Å². The van der Waals surface area contributed by atoms with Gasteiger partial charge in [-0.1, -0.05) is 26.0 Å². The van der Waals surface area contributed by atoms with Crippen molar-refractivity contribution in [3.63, 3.8) is 0 Å². The molecule has 0 aromatic heterocycles. The predicted molar refractivity (Wildman–Crippen MR) is 114 cm³/mol. The number of hydrogen-bond acceptors (Lipinski definition) is 4. The van der Waals surface area contributed by atoms with Crippen LogP contribution in [0.1, 0.15) is 31.4 Å². The molecular weight excluding hydrogens is 388 g/mol. The van der Waals surface area contributed by atoms with E-state index in [4.69, 9.17) is 4.74 Å². The standard InChI is InChI=1S/C22H28N2O4S/c1-5-16-7-9-18(10-8-16)28-21(6-2)22(25)24-14-13-17-15-19(11-12-20(17)24)29(26,27)23(3)4/h7-12,15,21H,5-6,13-14H2,1-4H3/t21-/m0/s1. The largest absolute Gasteiger partial charge is 0.481 e. The van der Waals surface area contributed by atoms with Crippen LogP contribution in [0, 0.1) is 0 Å². The summed E-state index contributed by atoms with van der Waals surface area (Å²) in [5, 5.41) is 0. The molecule has 1 heterocycles. The molecule has 2 aromatic carbocycles. The van der Waals surface area contributed by atoms with E-state index in [2.05, 4.69) is 6.92 Å². The second-order valence-electron chi connectivity index (χ2n) is 7.33. The van der Waals surface area contributed by atoms with E-state index < -0.39 is 16.1 Å². The Morgan fingerprint density at radius 2 is 1.83 bits per heavy atom. The van der Waals surface area contributed by atoms with Gasteiger partial charge in [0.15, 0.2) is 6.10 Å². The summed E-state index contributed by atoms with van der Waals surface area (Å²) in [6.45, 7) is 4.54. The minimum atomic E-state index is -3.50. The summed E-state index contributed by atoms with van der Waals surface area (Å²) in [6.07, 6.45) is 1.54. The number of hydrogen-bond donors (Lipinski definition) is 0. The summed E-state index contributed by atoms with van der Waals surface area (Å²) in [4.78, 5) is 15.1. The highest BCUT2D eigenvalue weighted by atomic mass is 32.2. The molecule has 3 rings (SSSR count). The van der Waals surface area contributed by atoms with Crippen molar-refractivity contribution >= 4 is 21.6 Å². The molecule has 0 saturated heterocycles. The topological polar surface area (TPSA) is 66.9 Å². The quantitative estimate of drug-likeness (QED) is 0.695. The lowest BCUT2D eigenvalue weighted by molar-refractivity contribution is -0.125. The third kappa shape index (κ3) is 4.31. The summed E-state index contributed by atoms with van der Waals surface area (Å²) < 4.78 is 31.9. The molecule has 0 aliphatic carbocycles. The zero-order valence-corrected chi connectivity index (χ0v) is 18.2. The SMILES string of the molecule is CCc1ccc(O[C@@H](CC)C(=O)N2CCc3cc(S(=O)(=O)N(C)C)ccc32)cc1. The zero-order valence-electron chi connectivity index (χ0n) is 17.4. The molecule has 1 aliphatic heterocycles. The van der Waals surface area contributed by atoms with Crippen molar-refractivity contribution in [1.29, 1.82) is 0 Å². The number of fused-ring (bicyclic) bond motifs is 1. The number of carbonyl (C=O) groups excluding carboxylic acids is 1. The molecule has 0 unspecified atom stereocenters. The molecule has 0 radical (unpaired) electrons. The molecule has 0 fully saturated rings. The van der Waals surface area contributed by atoms with E-state index in [9.17, 15) is 13.2 Å². The van der Waals surface area contributed by atoms with Gasteiger partial charge in [-0.05, 0) is 60.7 Å². The summed E-state index contributed by atoms with van der Waals surface area (Å²) in [6, 6.07) is 12.7. The second-order valence-corrected chi connectivity index (χ2v) is 9.48. The van der Waals surface area contributed by atoms with Gasteiger partial charge < -0.3 is 9.64 Å². The Bertz CT molecular complexity index is 984. The van der Waals surface area contributed by atoms with Gasteiger partial charge in [-0.2, -0.15) is 0 Å². The van der Waals surface area contributed by atoms with Gasteiger partial charge in [0.05, 0.1) is 4.90 Å². The smallest absolute Gasteiger partial charge is 0.268 e. The number of sulfonamides is 1. The summed E-state index contributed by atoms with van der Waals surface area (Å²) in [7, 11) is -0.481. The first-order chi connectivity index (χ1) is 13.8. The third-order valence-electron chi connectivity index (χ3n) is 5.25. The van der Waals surface area contributed by atoms with E-state index in [1.807, 2.05) is 31.2 Å². The highest BCUT2D eigenvalue weighted by Gasteiger charge is 2.32. The minimum Gasteiger partial charge on any atom is -0.481 e. The molecule has 1 aliphatic rings. The van der Waals surface area contributed by atoms with Crippen LogP contribution in [0.2, 0.25) is 0 Å². The van der Waals surface area contributed by atoms with Crippen LogP contribution in [0.25, 0.3) is 0 Å². The number of anilines is 1. The number of benzene rings is 2. The lowest BCUT2D eigenvalue weighted by Gasteiger charge is -2.24. The first kappa shape index (κ1) is 21.3. The number of amides is 1. The molecule has 0 N–H and O–H groups in total. The van der Waals surface area contributed by atoms with E-state index in [0.29, 0.717) is 25.1 Å². The van der Waals surface area contributed by atoms with Crippen molar-refractivity contribution in [3.8, 4) is 5.75 Å². The van der Waals surface area contributed by atoms with E-state index in [0.717, 1.165) is 17.7 Å². The van der Waals surface area contributed by atoms with Crippen molar-refractivity contribution in [2.75, 3.05) is 25.5 Å². The van der Waals surface area contributed by atoms with Crippen molar-refractivity contribution in [2.45, 2.75) is 44.1 Å². The summed E-state index contributed by atoms with van der Waals surface area (Å²) in [5.74, 6) is 0.572. The van der Waals surface area contributed by atoms with E-state index >= 15 is 0 Å². The number of ether oxygens (including phenoxy) is 1. The Labute approximate surface area is 173 Å². The maximum absolute atomic E-state index is 13.1. The van der Waals surface area contributed by atoms with Gasteiger partial charge in [-0.3, -0.25) is 4.79 Å². The molecule has 0 bridgehead atoms. The molecule has 7 heteroatoms. The van der Waals surface area contributed by atoms with Crippen molar-refractivity contribution < 1.29 is 17.9 Å². The third-order valence-corrected chi connectivity index (χ3v) is 7.06. The first-order valence-electron chi connectivity index (χ1n) is 9.90. The maximum Gasteiger partial charge on any atom is 0.268 e. The number of nitrogens with zero attached hydrogens (tertiary/aromatic N) is 2. The van der Waals surface area contributed by atoms with Crippen LogP contribution in [-0.2, 0) is 27.7 Å². The van der Waals surface area contributed by atoms with Crippen LogP contribution in [0.5, 0.6) is 5.75 Å². The predicted octanol–water partition coefficient (Wildman–Crippen LogP) is 3.25. The van der Waals surface area contributed by atoms with Gasteiger partial charge in [0.1, 0.15) is 5.75 Å². The van der Waals surface area contributed by atoms with Crippen LogP contribution in [0.3, 0.4) is 0 Å². The lowest BCUT2D eigenvalue weighted by Crippen LogP contribution is -2.41. The maximum atomic E-state index is 13.1. The van der Waals surface area contributed by atoms with E-state index in [-0.39, 0.29) is 10.8 Å². The minimum absolute atomic E-state index is 0.103. The first-order valence-corrected chi connectivity index (χ1v) is 11.3. The van der Waals surface area contributed by atoms with Crippen LogP contribution < -0.4 is 9.64 Å². The molecule has 29 heavy (non-hydrogen) atoms. The van der Waals surface area contributed by atoms with Crippen molar-refractivity contribution in [2.24, 2.45) is 0 Å². The second kappa shape index (κ2) is 8.55. The highest BCUT2D eigenvalue weighted by molar-refractivity contribution is 7.89. The lowest BCUT2D eigenvalue weighted by atomic mass is 10.1. The summed E-state index contributed by atoms with van der Waals surface area (Å²) >= 11 is 0. The van der Waals surface area contributed by atoms with Gasteiger partial charge in [0.2, 0.25) is 10.0 Å². The van der Waals surface area contributed by atoms with Gasteiger partial charge in [-0.25, -0.2) is 12.7 Å². The Hall–Kier alpha value is -2.38. The number of aryl methyl sites for hydroxylation is 1. The number of carbonyl (C=O) groups is 1. The van der Waals surface area contributed by atoms with Gasteiger partial charge in [-0.15, -0.1) is 0 Å².